The van der Waals surface area contributed by atoms with Gasteiger partial charge in [0.2, 0.25) is 0 Å². The number of fused-ring (bicyclic) bond motifs is 1. The van der Waals surface area contributed by atoms with Crippen molar-refractivity contribution in [2.24, 2.45) is 0 Å². The number of piperidine rings is 1. The third-order valence-electron chi connectivity index (χ3n) is 8.61. The third kappa shape index (κ3) is 6.37. The van der Waals surface area contributed by atoms with Crippen molar-refractivity contribution in [1.29, 1.82) is 0 Å². The van der Waals surface area contributed by atoms with Crippen LogP contribution in [0.3, 0.4) is 0 Å². The zero-order chi connectivity index (χ0) is 29.9. The molecule has 3 aliphatic heterocycles. The van der Waals surface area contributed by atoms with E-state index in [1.54, 1.807) is 0 Å². The number of aliphatic hydroxyl groups excluding tert-OH is 1. The highest BCUT2D eigenvalue weighted by molar-refractivity contribution is 6.03. The predicted octanol–water partition coefficient (Wildman–Crippen LogP) is 4.76. The summed E-state index contributed by atoms with van der Waals surface area (Å²) >= 11 is 0. The fourth-order valence-electron chi connectivity index (χ4n) is 6.21. The van der Waals surface area contributed by atoms with Crippen molar-refractivity contribution in [3.05, 3.63) is 101 Å². The van der Waals surface area contributed by atoms with Gasteiger partial charge in [0.1, 0.15) is 5.69 Å². The van der Waals surface area contributed by atoms with Gasteiger partial charge in [-0.25, -0.2) is 4.98 Å². The van der Waals surface area contributed by atoms with Crippen LogP contribution < -0.4 is 5.32 Å². The normalized spacial score (nSPS) is 23.6. The van der Waals surface area contributed by atoms with Crippen molar-refractivity contribution in [2.45, 2.75) is 50.2 Å². The molecule has 3 saturated heterocycles. The molecule has 1 aromatic heterocycles. The Hall–Kier alpha value is -3.77. The molecule has 2 N–H and O–H groups in total. The maximum Gasteiger partial charge on any atom is 0.275 e. The minimum absolute atomic E-state index is 0.00660. The van der Waals surface area contributed by atoms with E-state index in [1.807, 2.05) is 72.8 Å². The van der Waals surface area contributed by atoms with E-state index in [0.717, 1.165) is 54.7 Å². The number of carbonyl (C=O) groups is 1. The summed E-state index contributed by atoms with van der Waals surface area (Å²) in [5.41, 5.74) is 4.93. The van der Waals surface area contributed by atoms with Crippen molar-refractivity contribution in [3.63, 3.8) is 0 Å². The molecule has 1 amide bonds. The molecule has 0 bridgehead atoms. The topological polar surface area (TPSA) is 115 Å². The predicted molar refractivity (Wildman–Crippen MR) is 163 cm³/mol. The van der Waals surface area contributed by atoms with Crippen LogP contribution in [0.15, 0.2) is 79.0 Å². The molecule has 228 valence electrons. The molecule has 0 unspecified atom stereocenters. The van der Waals surface area contributed by atoms with Gasteiger partial charge in [0.15, 0.2) is 12.1 Å². The van der Waals surface area contributed by atoms with E-state index in [0.29, 0.717) is 30.8 Å². The zero-order valence-corrected chi connectivity index (χ0v) is 24.4. The second-order valence-corrected chi connectivity index (χ2v) is 11.6. The van der Waals surface area contributed by atoms with Crippen molar-refractivity contribution in [2.75, 3.05) is 38.2 Å². The van der Waals surface area contributed by atoms with Crippen LogP contribution in [0.5, 0.6) is 0 Å². The summed E-state index contributed by atoms with van der Waals surface area (Å²) in [5.74, 6) is -0.765. The molecule has 3 atom stereocenters. The van der Waals surface area contributed by atoms with Gasteiger partial charge in [0, 0.05) is 50.1 Å². The lowest BCUT2D eigenvalue weighted by Gasteiger charge is -2.41. The van der Waals surface area contributed by atoms with Crippen LogP contribution in [0, 0.1) is 0 Å². The molecular formula is C34H36N4O6. The summed E-state index contributed by atoms with van der Waals surface area (Å²) in [6.07, 6.45) is 2.95. The molecule has 4 heterocycles. The smallest absolute Gasteiger partial charge is 0.275 e. The standard InChI is InChI=1S/C34H36N4O6/c39-22-23-8-10-24(11-9-23)31-19-27(21-38-14-12-34(13-15-38)41-16-17-42-34)43-33(44-31)25-4-3-5-26(18-25)36-32(40)30-20-35-28-6-1-2-7-29(28)37-30/h1-11,18,20,27,31,33,39H,12-17,19,21-22H2,(H,36,40)/t27-,31+,33+/m1/s1. The highest BCUT2D eigenvalue weighted by Gasteiger charge is 2.41. The van der Waals surface area contributed by atoms with Crippen molar-refractivity contribution < 1.29 is 28.8 Å². The SMILES string of the molecule is O=C(Nc1cccc([C@H]2O[C@@H](CN3CCC4(CC3)OCCO4)C[C@@H](c3ccc(CO)cc3)O2)c1)c1cnc2ccccc2n1. The largest absolute Gasteiger partial charge is 0.392 e. The van der Waals surface area contributed by atoms with Crippen LogP contribution >= 0.6 is 0 Å². The maximum absolute atomic E-state index is 13.1. The van der Waals surface area contributed by atoms with Gasteiger partial charge in [-0.1, -0.05) is 48.5 Å². The second-order valence-electron chi connectivity index (χ2n) is 11.6. The summed E-state index contributed by atoms with van der Waals surface area (Å²) in [5, 5.41) is 12.5. The first kappa shape index (κ1) is 29.0. The minimum Gasteiger partial charge on any atom is -0.392 e. The molecule has 0 radical (unpaired) electrons. The highest BCUT2D eigenvalue weighted by atomic mass is 16.7. The zero-order valence-electron chi connectivity index (χ0n) is 24.4. The van der Waals surface area contributed by atoms with Crippen molar-refractivity contribution in [1.82, 2.24) is 14.9 Å². The number of para-hydroxylation sites is 2. The summed E-state index contributed by atoms with van der Waals surface area (Å²) in [6.45, 7) is 3.83. The number of likely N-dealkylation sites (tertiary alicyclic amines) is 1. The average molecular weight is 597 g/mol. The lowest BCUT2D eigenvalue weighted by molar-refractivity contribution is -0.255. The molecule has 7 rings (SSSR count). The number of ether oxygens (including phenoxy) is 4. The molecule has 1 spiro atoms. The fraction of sp³-hybridized carbons (Fsp3) is 0.382. The van der Waals surface area contributed by atoms with Crippen LogP contribution in [-0.2, 0) is 25.6 Å². The number of carbonyl (C=O) groups excluding carboxylic acids is 1. The third-order valence-corrected chi connectivity index (χ3v) is 8.61. The summed E-state index contributed by atoms with van der Waals surface area (Å²) in [6, 6.07) is 22.9. The number of amides is 1. The minimum atomic E-state index is -0.633. The van der Waals surface area contributed by atoms with Gasteiger partial charge in [-0.2, -0.15) is 0 Å². The number of hydrogen-bond acceptors (Lipinski definition) is 9. The number of nitrogens with one attached hydrogen (secondary N) is 1. The Kier molecular flexibility index (Phi) is 8.35. The van der Waals surface area contributed by atoms with Gasteiger partial charge in [0.05, 0.1) is 49.3 Å². The Morgan fingerprint density at radius 1 is 0.932 bits per heavy atom. The average Bonchev–Trinajstić information content (AvgIpc) is 3.53. The van der Waals surface area contributed by atoms with Crippen molar-refractivity contribution >= 4 is 22.6 Å². The molecule has 0 saturated carbocycles. The number of aromatic nitrogens is 2. The first-order chi connectivity index (χ1) is 21.6. The van der Waals surface area contributed by atoms with E-state index in [4.69, 9.17) is 18.9 Å². The van der Waals surface area contributed by atoms with Crippen LogP contribution in [0.1, 0.15) is 58.8 Å². The molecule has 0 aliphatic carbocycles. The van der Waals surface area contributed by atoms with Crippen LogP contribution in [0.4, 0.5) is 5.69 Å². The Labute approximate surface area is 255 Å². The van der Waals surface area contributed by atoms with Gasteiger partial charge in [-0.3, -0.25) is 9.78 Å². The summed E-state index contributed by atoms with van der Waals surface area (Å²) in [4.78, 5) is 24.3. The van der Waals surface area contributed by atoms with Crippen molar-refractivity contribution in [3.8, 4) is 0 Å². The molecule has 3 aromatic carbocycles. The van der Waals surface area contributed by atoms with Gasteiger partial charge in [-0.15, -0.1) is 0 Å². The van der Waals surface area contributed by atoms with Gasteiger partial charge in [0.25, 0.3) is 5.91 Å². The first-order valence-electron chi connectivity index (χ1n) is 15.2. The van der Waals surface area contributed by atoms with Crippen LogP contribution in [0.2, 0.25) is 0 Å². The van der Waals surface area contributed by atoms with Crippen LogP contribution in [0.25, 0.3) is 11.0 Å². The van der Waals surface area contributed by atoms with E-state index in [2.05, 4.69) is 20.2 Å². The van der Waals surface area contributed by atoms with E-state index in [-0.39, 0.29) is 30.4 Å². The lowest BCUT2D eigenvalue weighted by atomic mass is 9.98. The summed E-state index contributed by atoms with van der Waals surface area (Å²) < 4.78 is 25.0. The van der Waals surface area contributed by atoms with Crippen LogP contribution in [-0.4, -0.2) is 70.6 Å². The number of rotatable bonds is 7. The monoisotopic (exact) mass is 596 g/mol. The Bertz CT molecular complexity index is 1600. The number of nitrogens with zero attached hydrogens (tertiary/aromatic N) is 3. The number of aliphatic hydroxyl groups is 1. The lowest BCUT2D eigenvalue weighted by Crippen LogP contribution is -2.48. The first-order valence-corrected chi connectivity index (χ1v) is 15.2. The Morgan fingerprint density at radius 3 is 2.48 bits per heavy atom. The van der Waals surface area contributed by atoms with E-state index < -0.39 is 12.1 Å². The molecule has 4 aromatic rings. The van der Waals surface area contributed by atoms with Gasteiger partial charge in [-0.05, 0) is 35.4 Å². The second kappa shape index (κ2) is 12.7. The number of hydrogen-bond donors (Lipinski definition) is 2. The Balaban J connectivity index is 1.08. The molecule has 10 heteroatoms. The molecule has 3 fully saturated rings. The number of benzene rings is 3. The van der Waals surface area contributed by atoms with E-state index in [9.17, 15) is 9.90 Å². The highest BCUT2D eigenvalue weighted by Crippen LogP contribution is 2.39. The number of anilines is 1. The van der Waals surface area contributed by atoms with E-state index >= 15 is 0 Å². The van der Waals surface area contributed by atoms with E-state index in [1.165, 1.54) is 6.20 Å². The quantitative estimate of drug-likeness (QED) is 0.312. The summed E-state index contributed by atoms with van der Waals surface area (Å²) in [7, 11) is 0. The maximum atomic E-state index is 13.1. The fourth-order valence-corrected chi connectivity index (χ4v) is 6.21. The molecule has 44 heavy (non-hydrogen) atoms. The van der Waals surface area contributed by atoms with Gasteiger partial charge < -0.3 is 34.3 Å². The Morgan fingerprint density at radius 2 is 1.70 bits per heavy atom. The molecule has 3 aliphatic rings. The molecular weight excluding hydrogens is 560 g/mol. The van der Waals surface area contributed by atoms with Gasteiger partial charge >= 0.3 is 0 Å². The molecule has 10 nitrogen and oxygen atoms in total.